The van der Waals surface area contributed by atoms with Crippen LogP contribution in [0.5, 0.6) is 0 Å². The summed E-state index contributed by atoms with van der Waals surface area (Å²) in [4.78, 5) is 5.18. The number of fused-ring (bicyclic) bond motifs is 16. The van der Waals surface area contributed by atoms with Gasteiger partial charge in [0.2, 0.25) is 6.71 Å². The van der Waals surface area contributed by atoms with Crippen LogP contribution < -0.4 is 21.3 Å². The second kappa shape index (κ2) is 22.1. The molecule has 2 aliphatic heterocycles. The Bertz CT molecular complexity index is 6480. The maximum absolute atomic E-state index is 2.64. The molecule has 474 valence electrons. The molecule has 4 aromatic heterocycles. The van der Waals surface area contributed by atoms with E-state index in [1.807, 2.05) is 11.8 Å². The zero-order valence-corrected chi connectivity index (χ0v) is 56.8. The Kier molecular flexibility index (Phi) is 12.6. The van der Waals surface area contributed by atoms with E-state index in [0.717, 1.165) is 67.4 Å². The number of hydrogen-bond donors (Lipinski definition) is 0. The molecule has 15 aromatic carbocycles. The largest absolute Gasteiger partial charge is 0.311 e. The fraction of sp³-hybridized carbons (Fsp3) is 0.0426. The fourth-order valence-corrected chi connectivity index (χ4v) is 18.6. The molecule has 6 heterocycles. The zero-order valence-electron chi connectivity index (χ0n) is 56.0. The minimum absolute atomic E-state index is 0.106. The van der Waals surface area contributed by atoms with Gasteiger partial charge in [-0.05, 0) is 130 Å². The highest BCUT2D eigenvalue weighted by Gasteiger charge is 2.43. The minimum atomic E-state index is -0.189. The Hall–Kier alpha value is -12.3. The number of aromatic nitrogens is 4. The van der Waals surface area contributed by atoms with Crippen LogP contribution in [0.4, 0.5) is 17.1 Å². The summed E-state index contributed by atoms with van der Waals surface area (Å²) in [5.74, 6) is 0. The summed E-state index contributed by atoms with van der Waals surface area (Å²) in [6.45, 7) is 7.01. The van der Waals surface area contributed by atoms with Gasteiger partial charge in [-0.2, -0.15) is 0 Å². The van der Waals surface area contributed by atoms with Gasteiger partial charge in [0.05, 0.1) is 72.6 Å². The van der Waals surface area contributed by atoms with E-state index < -0.39 is 0 Å². The van der Waals surface area contributed by atoms with E-state index >= 15 is 0 Å². The quantitative estimate of drug-likeness (QED) is 0.142. The number of hydrogen-bond acceptors (Lipinski definition) is 2. The third-order valence-corrected chi connectivity index (χ3v) is 22.9. The number of nitrogens with zero attached hydrogens (tertiary/aromatic N) is 5. The summed E-state index contributed by atoms with van der Waals surface area (Å²) in [5, 5.41) is 9.82. The van der Waals surface area contributed by atoms with Gasteiger partial charge in [0.15, 0.2) is 0 Å². The van der Waals surface area contributed by atoms with Crippen molar-refractivity contribution in [2.24, 2.45) is 0 Å². The van der Waals surface area contributed by atoms with Crippen molar-refractivity contribution < 1.29 is 0 Å². The Labute approximate surface area is 589 Å². The van der Waals surface area contributed by atoms with E-state index in [1.165, 1.54) is 125 Å². The van der Waals surface area contributed by atoms with Gasteiger partial charge in [-0.1, -0.05) is 281 Å². The lowest BCUT2D eigenvalue weighted by Crippen LogP contribution is -2.60. The molecule has 0 amide bonds. The van der Waals surface area contributed by atoms with Crippen molar-refractivity contribution in [2.45, 2.75) is 36.0 Å². The smallest absolute Gasteiger partial charge is 0.249 e. The molecular formula is C94H64BN5S. The molecule has 0 fully saturated rings. The molecule has 0 aliphatic carbocycles. The van der Waals surface area contributed by atoms with Crippen molar-refractivity contribution in [3.63, 3.8) is 0 Å². The summed E-state index contributed by atoms with van der Waals surface area (Å²) in [7, 11) is 0. The molecule has 0 saturated heterocycles. The molecule has 0 N–H and O–H groups in total. The van der Waals surface area contributed by atoms with E-state index in [4.69, 9.17) is 0 Å². The molecule has 21 rings (SSSR count). The third-order valence-electron chi connectivity index (χ3n) is 21.8. The van der Waals surface area contributed by atoms with Crippen LogP contribution in [0.15, 0.2) is 343 Å². The first-order valence-electron chi connectivity index (χ1n) is 35.1. The molecule has 0 atom stereocenters. The molecular weight excluding hydrogens is 1240 g/mol. The summed E-state index contributed by atoms with van der Waals surface area (Å²) < 4.78 is 10.1. The Morgan fingerprint density at radius 2 is 0.624 bits per heavy atom. The maximum Gasteiger partial charge on any atom is 0.249 e. The topological polar surface area (TPSA) is 23.0 Å². The molecule has 7 heteroatoms. The van der Waals surface area contributed by atoms with Gasteiger partial charge < -0.3 is 23.2 Å². The molecule has 2 aliphatic rings. The van der Waals surface area contributed by atoms with Crippen molar-refractivity contribution in [1.82, 2.24) is 18.3 Å². The molecule has 101 heavy (non-hydrogen) atoms. The van der Waals surface area contributed by atoms with Crippen LogP contribution in [0.1, 0.15) is 26.3 Å². The molecule has 0 radical (unpaired) electrons. The van der Waals surface area contributed by atoms with Crippen LogP contribution in [-0.4, -0.2) is 25.0 Å². The van der Waals surface area contributed by atoms with Crippen LogP contribution in [0.25, 0.3) is 143 Å². The van der Waals surface area contributed by atoms with Crippen molar-refractivity contribution in [3.05, 3.63) is 339 Å². The normalized spacial score (nSPS) is 12.8. The average molecular weight is 1310 g/mol. The van der Waals surface area contributed by atoms with Crippen LogP contribution >= 0.6 is 11.8 Å². The third kappa shape index (κ3) is 8.54. The van der Waals surface area contributed by atoms with Crippen molar-refractivity contribution in [3.8, 4) is 56.1 Å². The lowest BCUT2D eigenvalue weighted by molar-refractivity contribution is 0.589. The molecule has 19 aromatic rings. The van der Waals surface area contributed by atoms with Gasteiger partial charge in [0, 0.05) is 80.9 Å². The average Bonchev–Trinajstić information content (AvgIpc) is 1.22. The van der Waals surface area contributed by atoms with Crippen LogP contribution in [0.2, 0.25) is 0 Å². The van der Waals surface area contributed by atoms with Gasteiger partial charge in [-0.15, -0.1) is 0 Å². The Balaban J connectivity index is 0.834. The second-order valence-corrected chi connectivity index (χ2v) is 29.3. The molecule has 5 nitrogen and oxygen atoms in total. The number of anilines is 3. The first kappa shape index (κ1) is 57.8. The zero-order chi connectivity index (χ0) is 66.8. The lowest BCUT2D eigenvalue weighted by atomic mass is 9.34. The van der Waals surface area contributed by atoms with Gasteiger partial charge in [0.1, 0.15) is 0 Å². The number of rotatable bonds is 8. The monoisotopic (exact) mass is 1310 g/mol. The summed E-state index contributed by atoms with van der Waals surface area (Å²) in [6.07, 6.45) is 0. The van der Waals surface area contributed by atoms with Gasteiger partial charge in [-0.3, -0.25) is 0 Å². The fourth-order valence-electron chi connectivity index (χ4n) is 17.3. The predicted octanol–water partition coefficient (Wildman–Crippen LogP) is 23.1. The Morgan fingerprint density at radius 1 is 0.257 bits per heavy atom. The predicted molar refractivity (Wildman–Crippen MR) is 429 cm³/mol. The second-order valence-electron chi connectivity index (χ2n) is 28.3. The van der Waals surface area contributed by atoms with E-state index in [1.54, 1.807) is 0 Å². The first-order valence-corrected chi connectivity index (χ1v) is 35.9. The van der Waals surface area contributed by atoms with E-state index in [-0.39, 0.29) is 12.1 Å². The number of benzene rings is 15. The molecule has 0 saturated carbocycles. The molecule has 0 unspecified atom stereocenters. The van der Waals surface area contributed by atoms with Crippen LogP contribution in [-0.2, 0) is 5.41 Å². The van der Waals surface area contributed by atoms with Crippen molar-refractivity contribution in [1.29, 1.82) is 0 Å². The van der Waals surface area contributed by atoms with Crippen LogP contribution in [0.3, 0.4) is 0 Å². The van der Waals surface area contributed by atoms with Crippen molar-refractivity contribution in [2.75, 3.05) is 4.90 Å². The summed E-state index contributed by atoms with van der Waals surface area (Å²) >= 11 is 1.94. The Morgan fingerprint density at radius 3 is 1.07 bits per heavy atom. The van der Waals surface area contributed by atoms with Crippen LogP contribution in [0, 0.1) is 0 Å². The highest BCUT2D eigenvalue weighted by molar-refractivity contribution is 8.00. The van der Waals surface area contributed by atoms with E-state index in [9.17, 15) is 0 Å². The molecule has 0 bridgehead atoms. The van der Waals surface area contributed by atoms with E-state index in [0.29, 0.717) is 0 Å². The van der Waals surface area contributed by atoms with Gasteiger partial charge in [0.25, 0.3) is 0 Å². The van der Waals surface area contributed by atoms with Gasteiger partial charge >= 0.3 is 0 Å². The minimum Gasteiger partial charge on any atom is -0.311 e. The standard InChI is InChI=1S/C94H64BN5S/c1-94(2,3)62-57-88-91-90(58-62)101-89-56-61(65-39-26-50-86(97-79-43-19-10-32-68(79)69-33-11-20-44-80(69)97)93(65)100-83-47-23-14-36-72(83)73-37-15-24-48-84(73)100)52-54-75(89)95(91)74-53-51-60(55-87(74)98(88)76-40-16-7-29-63(76)59-27-5-4-6-28-59)64-38-25-49-85(96-77-41-17-8-30-66(77)67-31-9-18-42-78(67)96)92(64)99-81-45-21-12-34-70(81)71-35-13-22-46-82(71)99/h4-58H,1-3H3. The maximum atomic E-state index is 2.64. The first-order chi connectivity index (χ1) is 49.8. The van der Waals surface area contributed by atoms with Gasteiger partial charge in [-0.25, -0.2) is 0 Å². The highest BCUT2D eigenvalue weighted by atomic mass is 32.2. The summed E-state index contributed by atoms with van der Waals surface area (Å²) in [6, 6.07) is 125. The SMILES string of the molecule is CC(C)(C)c1cc2c3c(c1)N(c1ccccc1-c1ccccc1)c1cc(-c4cccc(-n5c6ccccc6c6ccccc65)c4-n4c5ccccc5c5ccccc54)ccc1B3c1ccc(-c3cccc(-n4c5ccccc5c5ccccc54)c3-n3c4ccccc4c4ccccc43)cc1S2. The lowest BCUT2D eigenvalue weighted by Gasteiger charge is -2.42. The molecule has 0 spiro atoms. The highest BCUT2D eigenvalue weighted by Crippen LogP contribution is 2.51. The number of para-hydroxylation sites is 11. The van der Waals surface area contributed by atoms with Crippen molar-refractivity contribution >= 4 is 139 Å². The van der Waals surface area contributed by atoms with E-state index in [2.05, 4.69) is 378 Å². The summed E-state index contributed by atoms with van der Waals surface area (Å²) in [5.41, 5.74) is 29.3.